The maximum atomic E-state index is 12.2. The summed E-state index contributed by atoms with van der Waals surface area (Å²) in [6.45, 7) is -0.0492. The Labute approximate surface area is 80.8 Å². The van der Waals surface area contributed by atoms with Gasteiger partial charge in [0.15, 0.2) is 0 Å². The van der Waals surface area contributed by atoms with Crippen molar-refractivity contribution in [2.24, 2.45) is 0 Å². The molecule has 0 aromatic heterocycles. The summed E-state index contributed by atoms with van der Waals surface area (Å²) in [7, 11) is 0. The highest BCUT2D eigenvalue weighted by atomic mass is 79.9. The number of carbonyl (C=O) groups is 1. The number of carbonyl (C=O) groups excluding carboxylic acids is 1. The molecule has 0 spiro atoms. The first-order valence-electron chi connectivity index (χ1n) is 3.43. The molecule has 0 fully saturated rings. The fourth-order valence-electron chi connectivity index (χ4n) is 0.486. The van der Waals surface area contributed by atoms with Crippen LogP contribution < -0.4 is 5.32 Å². The van der Waals surface area contributed by atoms with Crippen LogP contribution in [0.4, 0.5) is 17.6 Å². The molecule has 0 aromatic rings. The Kier molecular flexibility index (Phi) is 5.27. The van der Waals surface area contributed by atoms with E-state index >= 15 is 0 Å². The molecule has 0 aliphatic rings. The van der Waals surface area contributed by atoms with Crippen molar-refractivity contribution in [3.05, 3.63) is 0 Å². The van der Waals surface area contributed by atoms with Crippen LogP contribution >= 0.6 is 15.9 Å². The molecule has 0 aliphatic heterocycles. The van der Waals surface area contributed by atoms with Crippen molar-refractivity contribution >= 4 is 21.8 Å². The second-order valence-electron chi connectivity index (χ2n) is 2.22. The molecule has 1 amide bonds. The summed E-state index contributed by atoms with van der Waals surface area (Å²) in [4.78, 5) is 10.4. The van der Waals surface area contributed by atoms with Crippen molar-refractivity contribution in [2.75, 3.05) is 11.9 Å². The van der Waals surface area contributed by atoms with Crippen molar-refractivity contribution in [3.8, 4) is 0 Å². The van der Waals surface area contributed by atoms with E-state index < -0.39 is 18.3 Å². The Bertz CT molecular complexity index is 176. The van der Waals surface area contributed by atoms with Crippen LogP contribution in [0.5, 0.6) is 0 Å². The smallest absolute Gasteiger partial charge is 0.351 e. The number of rotatable bonds is 5. The van der Waals surface area contributed by atoms with E-state index in [4.69, 9.17) is 0 Å². The molecule has 0 unspecified atom stereocenters. The standard InChI is InChI=1S/C6H8BrF4NO/c7-2-1-3-12-5(13)6(10,11)4(8)9/h4H,1-3H2,(H,12,13). The molecule has 1 N–H and O–H groups in total. The molecule has 0 saturated carbocycles. The van der Waals surface area contributed by atoms with Crippen LogP contribution in [-0.2, 0) is 4.79 Å². The third-order valence-electron chi connectivity index (χ3n) is 1.17. The zero-order valence-electron chi connectivity index (χ0n) is 6.50. The summed E-state index contributed by atoms with van der Waals surface area (Å²) < 4.78 is 47.5. The molecule has 0 rings (SSSR count). The highest BCUT2D eigenvalue weighted by Crippen LogP contribution is 2.22. The third kappa shape index (κ3) is 3.93. The monoisotopic (exact) mass is 265 g/mol. The molecular weight excluding hydrogens is 258 g/mol. The van der Waals surface area contributed by atoms with E-state index in [1.165, 1.54) is 0 Å². The van der Waals surface area contributed by atoms with Crippen LogP contribution in [0.15, 0.2) is 0 Å². The van der Waals surface area contributed by atoms with Gasteiger partial charge in [-0.05, 0) is 6.42 Å². The lowest BCUT2D eigenvalue weighted by Crippen LogP contribution is -2.45. The molecule has 0 bridgehead atoms. The molecule has 0 atom stereocenters. The molecule has 78 valence electrons. The molecule has 7 heteroatoms. The lowest BCUT2D eigenvalue weighted by molar-refractivity contribution is -0.169. The Morgan fingerprint density at radius 1 is 1.46 bits per heavy atom. The first-order chi connectivity index (χ1) is 5.92. The van der Waals surface area contributed by atoms with Gasteiger partial charge >= 0.3 is 12.3 Å². The zero-order valence-corrected chi connectivity index (χ0v) is 8.08. The van der Waals surface area contributed by atoms with Crippen LogP contribution in [-0.4, -0.2) is 30.1 Å². The van der Waals surface area contributed by atoms with E-state index in [1.807, 2.05) is 0 Å². The number of alkyl halides is 5. The fourth-order valence-corrected chi connectivity index (χ4v) is 0.766. The SMILES string of the molecule is O=C(NCCCBr)C(F)(F)C(F)F. The maximum Gasteiger partial charge on any atom is 0.383 e. The van der Waals surface area contributed by atoms with E-state index in [0.717, 1.165) is 0 Å². The Morgan fingerprint density at radius 3 is 2.38 bits per heavy atom. The molecule has 0 radical (unpaired) electrons. The van der Waals surface area contributed by atoms with Gasteiger partial charge in [-0.1, -0.05) is 15.9 Å². The summed E-state index contributed by atoms with van der Waals surface area (Å²) >= 11 is 2.99. The molecule has 0 aromatic carbocycles. The Morgan fingerprint density at radius 2 is 2.00 bits per heavy atom. The van der Waals surface area contributed by atoms with E-state index in [1.54, 1.807) is 5.32 Å². The number of nitrogens with one attached hydrogen (secondary N) is 1. The van der Waals surface area contributed by atoms with Crippen molar-refractivity contribution in [2.45, 2.75) is 18.8 Å². The van der Waals surface area contributed by atoms with Gasteiger partial charge in [0, 0.05) is 11.9 Å². The molecule has 13 heavy (non-hydrogen) atoms. The molecule has 0 aliphatic carbocycles. The van der Waals surface area contributed by atoms with Gasteiger partial charge < -0.3 is 5.32 Å². The van der Waals surface area contributed by atoms with Crippen molar-refractivity contribution in [1.82, 2.24) is 5.32 Å². The van der Waals surface area contributed by atoms with Crippen LogP contribution in [0.3, 0.4) is 0 Å². The van der Waals surface area contributed by atoms with E-state index in [2.05, 4.69) is 15.9 Å². The molecular formula is C6H8BrF4NO. The summed E-state index contributed by atoms with van der Waals surface area (Å²) in [5, 5.41) is 2.21. The summed E-state index contributed by atoms with van der Waals surface area (Å²) in [6, 6.07) is 0. The maximum absolute atomic E-state index is 12.2. The van der Waals surface area contributed by atoms with Gasteiger partial charge in [0.1, 0.15) is 0 Å². The van der Waals surface area contributed by atoms with Crippen LogP contribution in [0.25, 0.3) is 0 Å². The number of halogens is 5. The van der Waals surface area contributed by atoms with Crippen LogP contribution in [0.1, 0.15) is 6.42 Å². The molecule has 0 heterocycles. The molecule has 2 nitrogen and oxygen atoms in total. The average molecular weight is 266 g/mol. The van der Waals surface area contributed by atoms with Gasteiger partial charge in [-0.15, -0.1) is 0 Å². The summed E-state index contributed by atoms with van der Waals surface area (Å²) in [6.07, 6.45) is -3.55. The Balaban J connectivity index is 3.95. The normalized spacial score (nSPS) is 11.8. The van der Waals surface area contributed by atoms with Crippen molar-refractivity contribution in [3.63, 3.8) is 0 Å². The average Bonchev–Trinajstić information content (AvgIpc) is 2.04. The Hall–Kier alpha value is -0.330. The summed E-state index contributed by atoms with van der Waals surface area (Å²) in [5.74, 6) is -6.52. The quantitative estimate of drug-likeness (QED) is 0.458. The minimum Gasteiger partial charge on any atom is -0.351 e. The van der Waals surface area contributed by atoms with Crippen molar-refractivity contribution < 1.29 is 22.4 Å². The van der Waals surface area contributed by atoms with Gasteiger partial charge in [-0.25, -0.2) is 8.78 Å². The van der Waals surface area contributed by atoms with E-state index in [9.17, 15) is 22.4 Å². The summed E-state index contributed by atoms with van der Waals surface area (Å²) in [5.41, 5.74) is 0. The first-order valence-corrected chi connectivity index (χ1v) is 4.55. The van der Waals surface area contributed by atoms with Crippen LogP contribution in [0.2, 0.25) is 0 Å². The van der Waals surface area contributed by atoms with Gasteiger partial charge in [-0.3, -0.25) is 4.79 Å². The molecule has 0 saturated heterocycles. The third-order valence-corrected chi connectivity index (χ3v) is 1.73. The van der Waals surface area contributed by atoms with E-state index in [-0.39, 0.29) is 6.54 Å². The van der Waals surface area contributed by atoms with Gasteiger partial charge in [-0.2, -0.15) is 8.78 Å². The largest absolute Gasteiger partial charge is 0.383 e. The lowest BCUT2D eigenvalue weighted by Gasteiger charge is -2.14. The predicted octanol–water partition coefficient (Wildman–Crippen LogP) is 1.79. The number of amides is 1. The highest BCUT2D eigenvalue weighted by molar-refractivity contribution is 9.09. The van der Waals surface area contributed by atoms with Crippen LogP contribution in [0, 0.1) is 0 Å². The number of hydrogen-bond acceptors (Lipinski definition) is 1. The van der Waals surface area contributed by atoms with Crippen molar-refractivity contribution in [1.29, 1.82) is 0 Å². The second kappa shape index (κ2) is 5.41. The fraction of sp³-hybridized carbons (Fsp3) is 0.833. The highest BCUT2D eigenvalue weighted by Gasteiger charge is 2.48. The van der Waals surface area contributed by atoms with Gasteiger partial charge in [0.2, 0.25) is 0 Å². The minimum atomic E-state index is -4.59. The van der Waals surface area contributed by atoms with Gasteiger partial charge in [0.25, 0.3) is 5.91 Å². The van der Waals surface area contributed by atoms with Gasteiger partial charge in [0.05, 0.1) is 0 Å². The number of hydrogen-bond donors (Lipinski definition) is 1. The lowest BCUT2D eigenvalue weighted by atomic mass is 10.3. The zero-order chi connectivity index (χ0) is 10.5. The topological polar surface area (TPSA) is 29.1 Å². The second-order valence-corrected chi connectivity index (χ2v) is 3.02. The first kappa shape index (κ1) is 12.7. The van der Waals surface area contributed by atoms with E-state index in [0.29, 0.717) is 11.8 Å². The predicted molar refractivity (Wildman–Crippen MR) is 42.4 cm³/mol. The minimum absolute atomic E-state index is 0.0492.